The quantitative estimate of drug-likeness (QED) is 0.521. The molecule has 6 nitrogen and oxygen atoms in total. The molecule has 0 aliphatic rings. The van der Waals surface area contributed by atoms with Crippen LogP contribution in [-0.2, 0) is 0 Å². The van der Waals surface area contributed by atoms with Gasteiger partial charge in [-0.1, -0.05) is 0 Å². The van der Waals surface area contributed by atoms with Gasteiger partial charge in [0.1, 0.15) is 0 Å². The van der Waals surface area contributed by atoms with Gasteiger partial charge in [0.05, 0.1) is 0 Å². The zero-order valence-electron chi connectivity index (χ0n) is 4.88. The van der Waals surface area contributed by atoms with E-state index in [0.29, 0.717) is 0 Å². The van der Waals surface area contributed by atoms with Crippen molar-refractivity contribution in [1.82, 2.24) is 13.2 Å². The number of hydrogen-bond donors (Lipinski definition) is 1. The molecule has 0 radical (unpaired) electrons. The Hall–Kier alpha value is 1.63. The first-order valence-electron chi connectivity index (χ1n) is 2.34. The van der Waals surface area contributed by atoms with Gasteiger partial charge in [-0.3, -0.25) is 4.98 Å². The van der Waals surface area contributed by atoms with Crippen molar-refractivity contribution in [3.05, 3.63) is 31.5 Å². The Labute approximate surface area is 146 Å². The molecule has 0 amide bonds. The zero-order valence-corrected chi connectivity index (χ0v) is 6.39. The molecule has 64 valence electrons. The van der Waals surface area contributed by atoms with Crippen LogP contribution < -0.4 is 17.1 Å². The fourth-order valence-corrected chi connectivity index (χ4v) is 0.715. The van der Waals surface area contributed by atoms with E-state index in [-0.39, 0.29) is 89.1 Å². The van der Waals surface area contributed by atoms with Crippen molar-refractivity contribution in [3.8, 4) is 0 Å². The van der Waals surface area contributed by atoms with Gasteiger partial charge in [0.25, 0.3) is 0 Å². The van der Waals surface area contributed by atoms with Crippen LogP contribution in [0, 0.1) is 0 Å². The molecule has 1 aromatic heterocycles. The summed E-state index contributed by atoms with van der Waals surface area (Å²) < 4.78 is 0.322. The van der Waals surface area contributed by atoms with Gasteiger partial charge < -0.3 is 0 Å². The first kappa shape index (κ1) is 17.0. The van der Waals surface area contributed by atoms with E-state index in [1.165, 1.54) is 0 Å². The SMILES string of the molecule is O=c1[nH]c(=O)n(Cl)c(=O)n1Cl.[KH].[NaH]. The number of nitrogens with zero attached hydrogens (tertiary/aromatic N) is 2. The van der Waals surface area contributed by atoms with Crippen LogP contribution in [0.2, 0.25) is 0 Å². The molecule has 1 rings (SSSR count). The molecule has 0 aliphatic carbocycles. The van der Waals surface area contributed by atoms with Crippen LogP contribution in [0.1, 0.15) is 0 Å². The molecule has 10 heteroatoms. The summed E-state index contributed by atoms with van der Waals surface area (Å²) in [5, 5.41) is 0. The minimum atomic E-state index is -1.10. The first-order chi connectivity index (χ1) is 5.04. The van der Waals surface area contributed by atoms with Crippen molar-refractivity contribution in [3.63, 3.8) is 0 Å². The summed E-state index contributed by atoms with van der Waals surface area (Å²) in [6, 6.07) is 0. The second kappa shape index (κ2) is 6.99. The van der Waals surface area contributed by atoms with Gasteiger partial charge in [-0.2, -0.15) is 0 Å². The van der Waals surface area contributed by atoms with Crippen LogP contribution in [0.25, 0.3) is 0 Å². The summed E-state index contributed by atoms with van der Waals surface area (Å²) in [6.45, 7) is 0. The van der Waals surface area contributed by atoms with Gasteiger partial charge in [-0.15, -0.1) is 8.17 Å². The second-order valence-electron chi connectivity index (χ2n) is 1.58. The van der Waals surface area contributed by atoms with Crippen LogP contribution in [0.15, 0.2) is 14.4 Å². The summed E-state index contributed by atoms with van der Waals surface area (Å²) in [5.74, 6) is 0. The van der Waals surface area contributed by atoms with E-state index >= 15 is 0 Å². The Bertz CT molecular complexity index is 413. The molecule has 0 saturated carbocycles. The van der Waals surface area contributed by atoms with Crippen molar-refractivity contribution in [2.75, 3.05) is 0 Å². The molecular formula is C3H3Cl2KN3NaO3. The number of aromatic amines is 1. The predicted octanol–water partition coefficient (Wildman–Crippen LogP) is -2.59. The van der Waals surface area contributed by atoms with E-state index in [2.05, 4.69) is 0 Å². The summed E-state index contributed by atoms with van der Waals surface area (Å²) >= 11 is 10.1. The molecule has 0 fully saturated rings. The molecule has 0 saturated heterocycles. The van der Waals surface area contributed by atoms with Crippen molar-refractivity contribution >= 4 is 104 Å². The van der Waals surface area contributed by atoms with Gasteiger partial charge >= 0.3 is 98.0 Å². The normalized spacial score (nSPS) is 8.46. The summed E-state index contributed by atoms with van der Waals surface area (Å²) in [4.78, 5) is 33.4. The topological polar surface area (TPSA) is 76.9 Å². The number of H-pyrrole nitrogens is 1. The monoisotopic (exact) mass is 261 g/mol. The number of halogens is 2. The van der Waals surface area contributed by atoms with Crippen molar-refractivity contribution in [2.24, 2.45) is 0 Å². The fourth-order valence-electron chi connectivity index (χ4n) is 0.440. The van der Waals surface area contributed by atoms with Crippen molar-refractivity contribution in [1.29, 1.82) is 0 Å². The average molecular weight is 262 g/mol. The standard InChI is InChI=1S/C3HCl2N3O3.K.Na.2H/c4-7-1(9)6-2(10)8(5)3(7)11;;;;/h(H,6,9,10);;;;. The maximum atomic E-state index is 10.7. The predicted molar refractivity (Wildman–Crippen MR) is 52.4 cm³/mol. The summed E-state index contributed by atoms with van der Waals surface area (Å²) in [7, 11) is 0. The van der Waals surface area contributed by atoms with Gasteiger partial charge in [0.15, 0.2) is 0 Å². The number of nitrogens with one attached hydrogen (secondary N) is 1. The molecule has 0 aromatic carbocycles. The van der Waals surface area contributed by atoms with Crippen LogP contribution in [0.4, 0.5) is 0 Å². The zero-order chi connectivity index (χ0) is 8.59. The number of hydrogen-bond acceptors (Lipinski definition) is 3. The third-order valence-corrected chi connectivity index (χ3v) is 1.50. The Balaban J connectivity index is 0. The van der Waals surface area contributed by atoms with E-state index in [0.717, 1.165) is 0 Å². The van der Waals surface area contributed by atoms with Crippen molar-refractivity contribution in [2.45, 2.75) is 0 Å². The van der Waals surface area contributed by atoms with Gasteiger partial charge in [-0.25, -0.2) is 14.4 Å². The van der Waals surface area contributed by atoms with Gasteiger partial charge in [0.2, 0.25) is 0 Å². The fraction of sp³-hybridized carbons (Fsp3) is 0. The molecule has 0 bridgehead atoms. The molecule has 0 spiro atoms. The Morgan fingerprint density at radius 3 is 1.62 bits per heavy atom. The van der Waals surface area contributed by atoms with Crippen LogP contribution in [0.5, 0.6) is 0 Å². The Morgan fingerprint density at radius 1 is 1.00 bits per heavy atom. The van der Waals surface area contributed by atoms with E-state index in [1.807, 2.05) is 0 Å². The van der Waals surface area contributed by atoms with E-state index in [9.17, 15) is 14.4 Å². The number of aromatic nitrogens is 3. The molecule has 0 unspecified atom stereocenters. The average Bonchev–Trinajstić information content (AvgIpc) is 1.97. The molecule has 0 aliphatic heterocycles. The third-order valence-electron chi connectivity index (χ3n) is 0.906. The van der Waals surface area contributed by atoms with E-state index in [1.54, 1.807) is 4.98 Å². The van der Waals surface area contributed by atoms with Crippen LogP contribution >= 0.6 is 23.6 Å². The summed E-state index contributed by atoms with van der Waals surface area (Å²) in [6.07, 6.45) is 0. The Kier molecular flexibility index (Phi) is 9.16. The first-order valence-corrected chi connectivity index (χ1v) is 3.02. The maximum absolute atomic E-state index is 10.7. The van der Waals surface area contributed by atoms with E-state index < -0.39 is 17.1 Å². The molecule has 1 heterocycles. The number of rotatable bonds is 0. The molecule has 1 aromatic rings. The minimum absolute atomic E-state index is 0. The second-order valence-corrected chi connectivity index (χ2v) is 2.26. The van der Waals surface area contributed by atoms with Crippen LogP contribution in [0.3, 0.4) is 0 Å². The third kappa shape index (κ3) is 3.94. The molecule has 13 heavy (non-hydrogen) atoms. The van der Waals surface area contributed by atoms with Gasteiger partial charge in [-0.05, 0) is 0 Å². The molecule has 1 N–H and O–H groups in total. The van der Waals surface area contributed by atoms with E-state index in [4.69, 9.17) is 23.6 Å². The Morgan fingerprint density at radius 2 is 1.31 bits per heavy atom. The molecule has 0 atom stereocenters. The summed E-state index contributed by atoms with van der Waals surface area (Å²) in [5.41, 5.74) is -3.13. The molecular weight excluding hydrogens is 259 g/mol. The van der Waals surface area contributed by atoms with Crippen LogP contribution in [-0.4, -0.2) is 94.1 Å². The van der Waals surface area contributed by atoms with Gasteiger partial charge in [0, 0.05) is 23.6 Å². The van der Waals surface area contributed by atoms with Crippen molar-refractivity contribution < 1.29 is 0 Å².